The van der Waals surface area contributed by atoms with Gasteiger partial charge < -0.3 is 4.74 Å². The van der Waals surface area contributed by atoms with E-state index in [0.29, 0.717) is 15.4 Å². The van der Waals surface area contributed by atoms with Crippen LogP contribution in [0.2, 0.25) is 10.0 Å². The molecule has 5 heteroatoms. The number of esters is 1. The first-order chi connectivity index (χ1) is 6.60. The molecule has 0 aliphatic rings. The van der Waals surface area contributed by atoms with E-state index in [0.717, 1.165) is 5.56 Å². The fourth-order valence-corrected chi connectivity index (χ4v) is 2.08. The summed E-state index contributed by atoms with van der Waals surface area (Å²) in [6.07, 6.45) is 0. The summed E-state index contributed by atoms with van der Waals surface area (Å²) in [5, 5.41) is 1.43. The van der Waals surface area contributed by atoms with Gasteiger partial charge in [0, 0.05) is 10.4 Å². The van der Waals surface area contributed by atoms with E-state index in [-0.39, 0.29) is 5.56 Å². The van der Waals surface area contributed by atoms with Crippen LogP contribution in [0.25, 0.3) is 0 Å². The third-order valence-corrected chi connectivity index (χ3v) is 2.95. The highest BCUT2D eigenvalue weighted by Gasteiger charge is 2.13. The summed E-state index contributed by atoms with van der Waals surface area (Å²) >= 11 is 15.0. The maximum absolute atomic E-state index is 11.2. The molecule has 2 nitrogen and oxygen atoms in total. The molecule has 1 aromatic carbocycles. The van der Waals surface area contributed by atoms with Crippen molar-refractivity contribution >= 4 is 45.1 Å². The topological polar surface area (TPSA) is 26.3 Å². The fourth-order valence-electron chi connectivity index (χ4n) is 0.957. The van der Waals surface area contributed by atoms with Crippen molar-refractivity contribution in [3.63, 3.8) is 0 Å². The van der Waals surface area contributed by atoms with Crippen LogP contribution in [0.4, 0.5) is 0 Å². The van der Waals surface area contributed by atoms with Crippen LogP contribution >= 0.6 is 39.1 Å². The van der Waals surface area contributed by atoms with Crippen molar-refractivity contribution in [3.8, 4) is 0 Å². The summed E-state index contributed by atoms with van der Waals surface area (Å²) in [5.74, 6) is -0.488. The van der Waals surface area contributed by atoms with Crippen LogP contribution in [0.5, 0.6) is 0 Å². The molecule has 0 saturated carbocycles. The standard InChI is InChI=1S/C9H7BrCl2O2/c1-14-9(13)6-3-7(11)5(4-10)2-8(6)12/h2-3H,4H2,1H3. The molecular weight excluding hydrogens is 291 g/mol. The van der Waals surface area contributed by atoms with Crippen molar-refractivity contribution in [1.29, 1.82) is 0 Å². The minimum Gasteiger partial charge on any atom is -0.465 e. The Kier molecular flexibility index (Phi) is 4.23. The average molecular weight is 298 g/mol. The first-order valence-corrected chi connectivity index (χ1v) is 5.60. The van der Waals surface area contributed by atoms with Crippen molar-refractivity contribution < 1.29 is 9.53 Å². The van der Waals surface area contributed by atoms with Gasteiger partial charge in [-0.05, 0) is 17.7 Å². The van der Waals surface area contributed by atoms with Crippen LogP contribution < -0.4 is 0 Å². The van der Waals surface area contributed by atoms with Gasteiger partial charge in [-0.3, -0.25) is 0 Å². The maximum atomic E-state index is 11.2. The lowest BCUT2D eigenvalue weighted by atomic mass is 10.1. The van der Waals surface area contributed by atoms with Gasteiger partial charge in [-0.15, -0.1) is 0 Å². The van der Waals surface area contributed by atoms with Crippen LogP contribution in [0.1, 0.15) is 15.9 Å². The fraction of sp³-hybridized carbons (Fsp3) is 0.222. The zero-order valence-electron chi connectivity index (χ0n) is 7.31. The predicted octanol–water partition coefficient (Wildman–Crippen LogP) is 3.67. The molecule has 0 heterocycles. The van der Waals surface area contributed by atoms with Crippen LogP contribution in [-0.2, 0) is 10.1 Å². The van der Waals surface area contributed by atoms with Gasteiger partial charge in [-0.1, -0.05) is 39.1 Å². The van der Waals surface area contributed by atoms with E-state index in [2.05, 4.69) is 20.7 Å². The third kappa shape index (κ3) is 2.41. The van der Waals surface area contributed by atoms with Crippen LogP contribution in [0, 0.1) is 0 Å². The number of benzene rings is 1. The number of ether oxygens (including phenoxy) is 1. The molecule has 0 aromatic heterocycles. The Morgan fingerprint density at radius 2 is 2.07 bits per heavy atom. The van der Waals surface area contributed by atoms with Crippen LogP contribution in [-0.4, -0.2) is 13.1 Å². The third-order valence-electron chi connectivity index (χ3n) is 1.69. The largest absolute Gasteiger partial charge is 0.465 e. The van der Waals surface area contributed by atoms with Gasteiger partial charge in [0.05, 0.1) is 17.7 Å². The van der Waals surface area contributed by atoms with E-state index < -0.39 is 5.97 Å². The molecule has 0 aliphatic carbocycles. The zero-order chi connectivity index (χ0) is 10.7. The average Bonchev–Trinajstić information content (AvgIpc) is 2.19. The highest BCUT2D eigenvalue weighted by atomic mass is 79.9. The van der Waals surface area contributed by atoms with E-state index in [1.807, 2.05) is 0 Å². The van der Waals surface area contributed by atoms with Gasteiger partial charge in [0.2, 0.25) is 0 Å². The second-order valence-electron chi connectivity index (χ2n) is 2.55. The van der Waals surface area contributed by atoms with Gasteiger partial charge in [-0.25, -0.2) is 4.79 Å². The zero-order valence-corrected chi connectivity index (χ0v) is 10.4. The van der Waals surface area contributed by atoms with E-state index in [9.17, 15) is 4.79 Å². The van der Waals surface area contributed by atoms with E-state index in [1.165, 1.54) is 13.2 Å². The maximum Gasteiger partial charge on any atom is 0.339 e. The first kappa shape index (κ1) is 11.8. The molecule has 0 unspecified atom stereocenters. The Labute approximate surface area is 100 Å². The summed E-state index contributed by atoms with van der Waals surface area (Å²) < 4.78 is 4.55. The number of methoxy groups -OCH3 is 1. The highest BCUT2D eigenvalue weighted by molar-refractivity contribution is 9.08. The van der Waals surface area contributed by atoms with Gasteiger partial charge in [0.1, 0.15) is 0 Å². The molecule has 0 fully saturated rings. The van der Waals surface area contributed by atoms with E-state index in [4.69, 9.17) is 23.2 Å². The Morgan fingerprint density at radius 3 is 2.57 bits per heavy atom. The van der Waals surface area contributed by atoms with E-state index in [1.54, 1.807) is 6.07 Å². The first-order valence-electron chi connectivity index (χ1n) is 3.72. The van der Waals surface area contributed by atoms with Crippen LogP contribution in [0.15, 0.2) is 12.1 Å². The van der Waals surface area contributed by atoms with Gasteiger partial charge >= 0.3 is 5.97 Å². The van der Waals surface area contributed by atoms with Crippen molar-refractivity contribution in [2.24, 2.45) is 0 Å². The molecule has 0 amide bonds. The SMILES string of the molecule is COC(=O)c1cc(Cl)c(CBr)cc1Cl. The number of rotatable bonds is 2. The summed E-state index contributed by atoms with van der Waals surface area (Å²) in [6, 6.07) is 3.15. The smallest absolute Gasteiger partial charge is 0.339 e. The number of carbonyl (C=O) groups is 1. The van der Waals surface area contributed by atoms with Crippen LogP contribution in [0.3, 0.4) is 0 Å². The quantitative estimate of drug-likeness (QED) is 0.615. The molecule has 0 spiro atoms. The van der Waals surface area contributed by atoms with E-state index >= 15 is 0 Å². The normalized spacial score (nSPS) is 10.0. The Hall–Kier alpha value is -0.250. The summed E-state index contributed by atoms with van der Waals surface area (Å²) in [7, 11) is 1.30. The number of hydrogen-bond acceptors (Lipinski definition) is 2. The molecule has 1 aromatic rings. The van der Waals surface area contributed by atoms with Crippen molar-refractivity contribution in [1.82, 2.24) is 0 Å². The minimum absolute atomic E-state index is 0.281. The molecule has 0 radical (unpaired) electrons. The second-order valence-corrected chi connectivity index (χ2v) is 3.92. The predicted molar refractivity (Wildman–Crippen MR) is 60.4 cm³/mol. The molecule has 0 aliphatic heterocycles. The van der Waals surface area contributed by atoms with Gasteiger partial charge in [0.15, 0.2) is 0 Å². The van der Waals surface area contributed by atoms with Crippen molar-refractivity contribution in [2.75, 3.05) is 7.11 Å². The monoisotopic (exact) mass is 296 g/mol. The molecule has 0 N–H and O–H groups in total. The number of halogens is 3. The van der Waals surface area contributed by atoms with Gasteiger partial charge in [0.25, 0.3) is 0 Å². The molecule has 0 bridgehead atoms. The number of alkyl halides is 1. The molecule has 0 atom stereocenters. The molecule has 0 saturated heterocycles. The summed E-state index contributed by atoms with van der Waals surface area (Å²) in [5.41, 5.74) is 1.12. The number of hydrogen-bond donors (Lipinski definition) is 0. The van der Waals surface area contributed by atoms with Crippen molar-refractivity contribution in [3.05, 3.63) is 33.3 Å². The number of carbonyl (C=O) groups excluding carboxylic acids is 1. The molecule has 1 rings (SSSR count). The second kappa shape index (κ2) is 5.01. The molecule has 76 valence electrons. The van der Waals surface area contributed by atoms with Crippen molar-refractivity contribution in [2.45, 2.75) is 5.33 Å². The lowest BCUT2D eigenvalue weighted by Gasteiger charge is -2.06. The lowest BCUT2D eigenvalue weighted by Crippen LogP contribution is -2.02. The Morgan fingerprint density at radius 1 is 1.43 bits per heavy atom. The summed E-state index contributed by atoms with van der Waals surface area (Å²) in [6.45, 7) is 0. The summed E-state index contributed by atoms with van der Waals surface area (Å²) in [4.78, 5) is 11.2. The lowest BCUT2D eigenvalue weighted by molar-refractivity contribution is 0.0601. The molecular formula is C9H7BrCl2O2. The van der Waals surface area contributed by atoms with Gasteiger partial charge in [-0.2, -0.15) is 0 Å². The minimum atomic E-state index is -0.488. The highest BCUT2D eigenvalue weighted by Crippen LogP contribution is 2.27. The Balaban J connectivity index is 3.21. The Bertz CT molecular complexity index is 366. The molecule has 14 heavy (non-hydrogen) atoms.